The first kappa shape index (κ1) is 18.8. The van der Waals surface area contributed by atoms with Gasteiger partial charge in [-0.2, -0.15) is 0 Å². The summed E-state index contributed by atoms with van der Waals surface area (Å²) in [6.45, 7) is 8.97. The van der Waals surface area contributed by atoms with Crippen molar-refractivity contribution < 1.29 is 14.0 Å². The van der Waals surface area contributed by atoms with Gasteiger partial charge in [0, 0.05) is 35.5 Å². The van der Waals surface area contributed by atoms with Gasteiger partial charge in [0.1, 0.15) is 0 Å². The van der Waals surface area contributed by atoms with E-state index in [1.807, 2.05) is 44.7 Å². The van der Waals surface area contributed by atoms with Crippen LogP contribution < -0.4 is 5.32 Å². The third-order valence-corrected chi connectivity index (χ3v) is 5.18. The van der Waals surface area contributed by atoms with E-state index >= 15 is 0 Å². The molecule has 1 aliphatic rings. The molecule has 0 unspecified atom stereocenters. The molecule has 5 nitrogen and oxygen atoms in total. The summed E-state index contributed by atoms with van der Waals surface area (Å²) in [6, 6.07) is 5.52. The molecular formula is C20H25ClN2O3. The van der Waals surface area contributed by atoms with Crippen LogP contribution in [-0.2, 0) is 4.79 Å². The van der Waals surface area contributed by atoms with Crippen LogP contribution in [0, 0.1) is 12.3 Å². The highest BCUT2D eigenvalue weighted by Gasteiger charge is 2.31. The van der Waals surface area contributed by atoms with Crippen molar-refractivity contribution in [3.8, 4) is 0 Å². The zero-order valence-corrected chi connectivity index (χ0v) is 16.4. The monoisotopic (exact) mass is 376 g/mol. The lowest BCUT2D eigenvalue weighted by atomic mass is 9.93. The predicted octanol–water partition coefficient (Wildman–Crippen LogP) is 4.16. The number of carbonyl (C=O) groups is 2. The minimum absolute atomic E-state index is 0.0367. The third-order valence-electron chi connectivity index (χ3n) is 4.88. The number of fused-ring (bicyclic) bond motifs is 1. The normalized spacial score (nSPS) is 16.1. The Morgan fingerprint density at radius 2 is 1.88 bits per heavy atom. The Morgan fingerprint density at radius 3 is 2.46 bits per heavy atom. The van der Waals surface area contributed by atoms with Crippen LogP contribution in [0.25, 0.3) is 11.0 Å². The Kier molecular flexibility index (Phi) is 5.02. The Balaban J connectivity index is 1.66. The van der Waals surface area contributed by atoms with Crippen molar-refractivity contribution in [2.45, 2.75) is 46.6 Å². The van der Waals surface area contributed by atoms with Crippen molar-refractivity contribution in [3.05, 3.63) is 34.5 Å². The van der Waals surface area contributed by atoms with Gasteiger partial charge >= 0.3 is 0 Å². The molecule has 140 valence electrons. The fourth-order valence-electron chi connectivity index (χ4n) is 3.38. The quantitative estimate of drug-likeness (QED) is 0.855. The van der Waals surface area contributed by atoms with Crippen LogP contribution in [0.2, 0.25) is 5.02 Å². The highest BCUT2D eigenvalue weighted by atomic mass is 35.5. The number of nitrogens with one attached hydrogen (secondary N) is 1. The van der Waals surface area contributed by atoms with Crippen LogP contribution in [0.15, 0.2) is 22.6 Å². The fourth-order valence-corrected chi connectivity index (χ4v) is 3.59. The molecule has 1 aliphatic heterocycles. The SMILES string of the molecule is Cc1c(C(=O)NC2CCN(C(=O)C(C)(C)C)CC2)oc2c(Cl)cccc12. The Labute approximate surface area is 158 Å². The zero-order chi connectivity index (χ0) is 19.1. The molecule has 1 aromatic heterocycles. The lowest BCUT2D eigenvalue weighted by Gasteiger charge is -2.35. The Morgan fingerprint density at radius 1 is 1.23 bits per heavy atom. The van der Waals surface area contributed by atoms with E-state index in [2.05, 4.69) is 5.32 Å². The van der Waals surface area contributed by atoms with E-state index < -0.39 is 0 Å². The number of benzene rings is 1. The average Bonchev–Trinajstić information content (AvgIpc) is 2.93. The van der Waals surface area contributed by atoms with Gasteiger partial charge in [0.05, 0.1) is 5.02 Å². The molecule has 1 aromatic carbocycles. The topological polar surface area (TPSA) is 62.6 Å². The number of carbonyl (C=O) groups excluding carboxylic acids is 2. The number of rotatable bonds is 2. The minimum Gasteiger partial charge on any atom is -0.449 e. The van der Waals surface area contributed by atoms with E-state index in [0.29, 0.717) is 29.5 Å². The Hall–Kier alpha value is -2.01. The first-order valence-corrected chi connectivity index (χ1v) is 9.34. The van der Waals surface area contributed by atoms with Gasteiger partial charge in [-0.25, -0.2) is 0 Å². The average molecular weight is 377 g/mol. The van der Waals surface area contributed by atoms with Gasteiger partial charge < -0.3 is 14.6 Å². The molecule has 26 heavy (non-hydrogen) atoms. The minimum atomic E-state index is -0.374. The maximum absolute atomic E-state index is 12.7. The number of piperidine rings is 1. The molecule has 0 aliphatic carbocycles. The molecule has 0 radical (unpaired) electrons. The third kappa shape index (κ3) is 3.58. The van der Waals surface area contributed by atoms with Crippen LogP contribution >= 0.6 is 11.6 Å². The number of furan rings is 1. The van der Waals surface area contributed by atoms with Gasteiger partial charge in [-0.3, -0.25) is 9.59 Å². The summed E-state index contributed by atoms with van der Waals surface area (Å²) in [6.07, 6.45) is 1.49. The van der Waals surface area contributed by atoms with E-state index in [0.717, 1.165) is 23.8 Å². The second-order valence-electron chi connectivity index (χ2n) is 7.96. The van der Waals surface area contributed by atoms with Crippen molar-refractivity contribution in [1.82, 2.24) is 10.2 Å². The molecule has 1 saturated heterocycles. The van der Waals surface area contributed by atoms with Gasteiger partial charge in [-0.1, -0.05) is 44.5 Å². The molecule has 0 saturated carbocycles. The van der Waals surface area contributed by atoms with E-state index in [1.54, 1.807) is 6.07 Å². The largest absolute Gasteiger partial charge is 0.449 e. The molecule has 2 aromatic rings. The van der Waals surface area contributed by atoms with Gasteiger partial charge in [-0.15, -0.1) is 0 Å². The molecule has 2 heterocycles. The molecule has 1 fully saturated rings. The maximum atomic E-state index is 12.7. The van der Waals surface area contributed by atoms with E-state index in [1.165, 1.54) is 0 Å². The van der Waals surface area contributed by atoms with Crippen molar-refractivity contribution in [1.29, 1.82) is 0 Å². The molecule has 0 bridgehead atoms. The predicted molar refractivity (Wildman–Crippen MR) is 102 cm³/mol. The maximum Gasteiger partial charge on any atom is 0.287 e. The van der Waals surface area contributed by atoms with Crippen LogP contribution in [0.5, 0.6) is 0 Å². The second kappa shape index (κ2) is 6.95. The molecule has 6 heteroatoms. The van der Waals surface area contributed by atoms with Crippen molar-refractivity contribution >= 4 is 34.4 Å². The molecule has 0 atom stereocenters. The molecule has 3 rings (SSSR count). The van der Waals surface area contributed by atoms with Gasteiger partial charge in [0.25, 0.3) is 5.91 Å². The smallest absolute Gasteiger partial charge is 0.287 e. The van der Waals surface area contributed by atoms with E-state index in [4.69, 9.17) is 16.0 Å². The number of halogens is 1. The highest BCUT2D eigenvalue weighted by Crippen LogP contribution is 2.31. The summed E-state index contributed by atoms with van der Waals surface area (Å²) in [7, 11) is 0. The standard InChI is InChI=1S/C20H25ClN2O3/c1-12-14-6-5-7-15(21)17(14)26-16(12)18(24)22-13-8-10-23(11-9-13)19(25)20(2,3)4/h5-7,13H,8-11H2,1-4H3,(H,22,24). The summed E-state index contributed by atoms with van der Waals surface area (Å²) < 4.78 is 5.73. The number of para-hydroxylation sites is 1. The number of hydrogen-bond acceptors (Lipinski definition) is 3. The number of aryl methyl sites for hydroxylation is 1. The van der Waals surface area contributed by atoms with E-state index in [9.17, 15) is 9.59 Å². The summed E-state index contributed by atoms with van der Waals surface area (Å²) in [5, 5.41) is 4.39. The van der Waals surface area contributed by atoms with Gasteiger partial charge in [0.15, 0.2) is 11.3 Å². The van der Waals surface area contributed by atoms with Crippen LogP contribution in [0.3, 0.4) is 0 Å². The highest BCUT2D eigenvalue weighted by molar-refractivity contribution is 6.35. The molecule has 1 N–H and O–H groups in total. The summed E-state index contributed by atoms with van der Waals surface area (Å²) in [5.41, 5.74) is 0.962. The first-order chi connectivity index (χ1) is 12.2. The number of likely N-dealkylation sites (tertiary alicyclic amines) is 1. The molecule has 0 spiro atoms. The first-order valence-electron chi connectivity index (χ1n) is 8.96. The van der Waals surface area contributed by atoms with E-state index in [-0.39, 0.29) is 23.3 Å². The summed E-state index contributed by atoms with van der Waals surface area (Å²) in [4.78, 5) is 26.9. The number of nitrogens with zero attached hydrogens (tertiary/aromatic N) is 1. The zero-order valence-electron chi connectivity index (χ0n) is 15.7. The van der Waals surface area contributed by atoms with Crippen LogP contribution in [0.4, 0.5) is 0 Å². The summed E-state index contributed by atoms with van der Waals surface area (Å²) >= 11 is 6.16. The lowest BCUT2D eigenvalue weighted by molar-refractivity contribution is -0.140. The second-order valence-corrected chi connectivity index (χ2v) is 8.37. The van der Waals surface area contributed by atoms with Gasteiger partial charge in [-0.05, 0) is 25.8 Å². The molecular weight excluding hydrogens is 352 g/mol. The fraction of sp³-hybridized carbons (Fsp3) is 0.500. The van der Waals surface area contributed by atoms with Crippen molar-refractivity contribution in [2.24, 2.45) is 5.41 Å². The Bertz CT molecular complexity index is 843. The van der Waals surface area contributed by atoms with Gasteiger partial charge in [0.2, 0.25) is 5.91 Å². The summed E-state index contributed by atoms with van der Waals surface area (Å²) in [5.74, 6) is 0.238. The van der Waals surface area contributed by atoms with Crippen molar-refractivity contribution in [2.75, 3.05) is 13.1 Å². The molecule has 2 amide bonds. The lowest BCUT2D eigenvalue weighted by Crippen LogP contribution is -2.49. The van der Waals surface area contributed by atoms with Crippen LogP contribution in [-0.4, -0.2) is 35.8 Å². The number of hydrogen-bond donors (Lipinski definition) is 1. The van der Waals surface area contributed by atoms with Crippen LogP contribution in [0.1, 0.15) is 49.7 Å². The number of amides is 2. The van der Waals surface area contributed by atoms with Crippen molar-refractivity contribution in [3.63, 3.8) is 0 Å².